The highest BCUT2D eigenvalue weighted by atomic mass is 32.1. The van der Waals surface area contributed by atoms with Gasteiger partial charge < -0.3 is 24.8 Å². The van der Waals surface area contributed by atoms with Crippen LogP contribution >= 0.6 is 23.6 Å². The van der Waals surface area contributed by atoms with Gasteiger partial charge in [0.15, 0.2) is 5.11 Å². The number of rotatable bonds is 7. The number of nitrogens with one attached hydrogen (secondary N) is 2. The predicted octanol–water partition coefficient (Wildman–Crippen LogP) is 5.28. The van der Waals surface area contributed by atoms with E-state index in [1.54, 1.807) is 6.92 Å². The number of thiophene rings is 1. The number of esters is 3. The molecule has 0 bridgehead atoms. The molecule has 2 N–H and O–H groups in total. The zero-order valence-electron chi connectivity index (χ0n) is 19.6. The van der Waals surface area contributed by atoms with Gasteiger partial charge in [-0.05, 0) is 49.8 Å². The highest BCUT2D eigenvalue weighted by Gasteiger charge is 2.25. The summed E-state index contributed by atoms with van der Waals surface area (Å²) in [6.07, 6.45) is 0. The second-order valence-corrected chi connectivity index (χ2v) is 8.82. The number of methoxy groups -OCH3 is 2. The molecule has 3 aromatic rings. The van der Waals surface area contributed by atoms with Crippen LogP contribution in [0.4, 0.5) is 10.7 Å². The van der Waals surface area contributed by atoms with Crippen molar-refractivity contribution in [3.63, 3.8) is 0 Å². The molecule has 0 aliphatic carbocycles. The standard InChI is InChI=1S/C25H24N2O6S2/c1-5-33-24(30)20-19(15-9-7-6-8-10-15)14(2)35-21(20)27-25(34)26-18-12-16(22(28)31-3)11-17(13-18)23(29)32-4/h6-13H,5H2,1-4H3,(H2,26,27,34). The van der Waals surface area contributed by atoms with E-state index in [9.17, 15) is 14.4 Å². The minimum atomic E-state index is -0.622. The number of thiocarbonyl (C=S) groups is 1. The molecular weight excluding hydrogens is 488 g/mol. The van der Waals surface area contributed by atoms with Crippen molar-refractivity contribution in [3.05, 3.63) is 70.1 Å². The number of ether oxygens (including phenoxy) is 3. The van der Waals surface area contributed by atoms with E-state index in [1.807, 2.05) is 37.3 Å². The minimum absolute atomic E-state index is 0.145. The van der Waals surface area contributed by atoms with Crippen LogP contribution in [0.2, 0.25) is 0 Å². The van der Waals surface area contributed by atoms with E-state index < -0.39 is 17.9 Å². The lowest BCUT2D eigenvalue weighted by Crippen LogP contribution is -2.21. The SMILES string of the molecule is CCOC(=O)c1c(NC(=S)Nc2cc(C(=O)OC)cc(C(=O)OC)c2)sc(C)c1-c1ccccc1. The van der Waals surface area contributed by atoms with Crippen molar-refractivity contribution in [1.29, 1.82) is 0 Å². The van der Waals surface area contributed by atoms with Crippen molar-refractivity contribution in [2.45, 2.75) is 13.8 Å². The molecule has 0 radical (unpaired) electrons. The number of hydrogen-bond donors (Lipinski definition) is 2. The van der Waals surface area contributed by atoms with Crippen LogP contribution in [-0.2, 0) is 14.2 Å². The quantitative estimate of drug-likeness (QED) is 0.248. The van der Waals surface area contributed by atoms with Gasteiger partial charge in [0, 0.05) is 16.1 Å². The summed E-state index contributed by atoms with van der Waals surface area (Å²) in [5, 5.41) is 6.67. The molecule has 35 heavy (non-hydrogen) atoms. The van der Waals surface area contributed by atoms with Crippen LogP contribution in [0.3, 0.4) is 0 Å². The van der Waals surface area contributed by atoms with E-state index in [-0.39, 0.29) is 22.8 Å². The summed E-state index contributed by atoms with van der Waals surface area (Å²) in [6, 6.07) is 13.9. The molecule has 182 valence electrons. The van der Waals surface area contributed by atoms with E-state index in [0.29, 0.717) is 16.3 Å². The monoisotopic (exact) mass is 512 g/mol. The van der Waals surface area contributed by atoms with Crippen LogP contribution in [-0.4, -0.2) is 43.8 Å². The largest absolute Gasteiger partial charge is 0.465 e. The van der Waals surface area contributed by atoms with Crippen molar-refractivity contribution < 1.29 is 28.6 Å². The number of hydrogen-bond acceptors (Lipinski definition) is 8. The molecular formula is C25H24N2O6S2. The molecule has 2 aromatic carbocycles. The summed E-state index contributed by atoms with van der Waals surface area (Å²) in [5.74, 6) is -1.71. The zero-order valence-corrected chi connectivity index (χ0v) is 21.2. The molecule has 3 rings (SSSR count). The molecule has 0 unspecified atom stereocenters. The van der Waals surface area contributed by atoms with Gasteiger partial charge in [0.25, 0.3) is 0 Å². The fourth-order valence-electron chi connectivity index (χ4n) is 3.42. The molecule has 0 fully saturated rings. The molecule has 0 aliphatic rings. The lowest BCUT2D eigenvalue weighted by atomic mass is 10.0. The fourth-order valence-corrected chi connectivity index (χ4v) is 4.77. The van der Waals surface area contributed by atoms with Gasteiger partial charge in [0.05, 0.1) is 32.0 Å². The average molecular weight is 513 g/mol. The first-order chi connectivity index (χ1) is 16.8. The van der Waals surface area contributed by atoms with Gasteiger partial charge in [0.2, 0.25) is 0 Å². The smallest absolute Gasteiger partial charge is 0.341 e. The topological polar surface area (TPSA) is 103 Å². The maximum Gasteiger partial charge on any atom is 0.341 e. The minimum Gasteiger partial charge on any atom is -0.465 e. The van der Waals surface area contributed by atoms with Crippen molar-refractivity contribution in [1.82, 2.24) is 0 Å². The Morgan fingerprint density at radius 1 is 0.914 bits per heavy atom. The lowest BCUT2D eigenvalue weighted by molar-refractivity contribution is 0.0526. The Hall–Kier alpha value is -3.76. The van der Waals surface area contributed by atoms with Gasteiger partial charge in [-0.25, -0.2) is 14.4 Å². The third kappa shape index (κ3) is 6.03. The number of aryl methyl sites for hydroxylation is 1. The molecule has 0 saturated carbocycles. The highest BCUT2D eigenvalue weighted by molar-refractivity contribution is 7.80. The third-order valence-corrected chi connectivity index (χ3v) is 6.11. The Morgan fingerprint density at radius 2 is 1.51 bits per heavy atom. The van der Waals surface area contributed by atoms with Crippen molar-refractivity contribution in [3.8, 4) is 11.1 Å². The molecule has 0 saturated heterocycles. The van der Waals surface area contributed by atoms with E-state index in [2.05, 4.69) is 10.6 Å². The molecule has 1 aromatic heterocycles. The second kappa shape index (κ2) is 11.6. The van der Waals surface area contributed by atoms with Gasteiger partial charge in [-0.15, -0.1) is 11.3 Å². The van der Waals surface area contributed by atoms with Gasteiger partial charge >= 0.3 is 17.9 Å². The van der Waals surface area contributed by atoms with Crippen molar-refractivity contribution in [2.24, 2.45) is 0 Å². The van der Waals surface area contributed by atoms with E-state index >= 15 is 0 Å². The number of carbonyl (C=O) groups excluding carboxylic acids is 3. The van der Waals surface area contributed by atoms with Crippen LogP contribution < -0.4 is 10.6 Å². The Morgan fingerprint density at radius 3 is 2.06 bits per heavy atom. The average Bonchev–Trinajstić information content (AvgIpc) is 3.18. The van der Waals surface area contributed by atoms with E-state index in [4.69, 9.17) is 26.4 Å². The lowest BCUT2D eigenvalue weighted by Gasteiger charge is -2.13. The molecule has 10 heteroatoms. The summed E-state index contributed by atoms with van der Waals surface area (Å²) < 4.78 is 14.8. The van der Waals surface area contributed by atoms with Gasteiger partial charge in [0.1, 0.15) is 10.6 Å². The molecule has 0 atom stereocenters. The maximum atomic E-state index is 12.9. The molecule has 1 heterocycles. The Labute approximate surface area is 212 Å². The number of carbonyl (C=O) groups is 3. The summed E-state index contributed by atoms with van der Waals surface area (Å²) in [4.78, 5) is 37.9. The first-order valence-corrected chi connectivity index (χ1v) is 11.8. The second-order valence-electron chi connectivity index (χ2n) is 7.19. The number of benzene rings is 2. The van der Waals surface area contributed by atoms with Crippen LogP contribution in [0.1, 0.15) is 42.9 Å². The first-order valence-electron chi connectivity index (χ1n) is 10.5. The van der Waals surface area contributed by atoms with E-state index in [0.717, 1.165) is 16.0 Å². The predicted molar refractivity (Wildman–Crippen MR) is 139 cm³/mol. The highest BCUT2D eigenvalue weighted by Crippen LogP contribution is 2.40. The fraction of sp³-hybridized carbons (Fsp3) is 0.200. The molecule has 0 amide bonds. The van der Waals surface area contributed by atoms with Crippen LogP contribution in [0.25, 0.3) is 11.1 Å². The van der Waals surface area contributed by atoms with Crippen LogP contribution in [0.15, 0.2) is 48.5 Å². The Balaban J connectivity index is 1.95. The molecule has 0 spiro atoms. The van der Waals surface area contributed by atoms with Crippen molar-refractivity contribution in [2.75, 3.05) is 31.5 Å². The van der Waals surface area contributed by atoms with Crippen molar-refractivity contribution >= 4 is 57.3 Å². The Bertz CT molecular complexity index is 1240. The van der Waals surface area contributed by atoms with Gasteiger partial charge in [-0.1, -0.05) is 30.3 Å². The summed E-state index contributed by atoms with van der Waals surface area (Å²) in [5.41, 5.74) is 2.67. The molecule has 0 aliphatic heterocycles. The Kier molecular flexibility index (Phi) is 8.56. The maximum absolute atomic E-state index is 12.9. The zero-order chi connectivity index (χ0) is 25.5. The summed E-state index contributed by atoms with van der Waals surface area (Å²) in [7, 11) is 2.49. The third-order valence-electron chi connectivity index (χ3n) is 4.89. The van der Waals surface area contributed by atoms with Crippen LogP contribution in [0, 0.1) is 6.92 Å². The molecule has 8 nitrogen and oxygen atoms in total. The van der Waals surface area contributed by atoms with Crippen LogP contribution in [0.5, 0.6) is 0 Å². The number of anilines is 2. The van der Waals surface area contributed by atoms with Gasteiger partial charge in [-0.3, -0.25) is 0 Å². The summed E-state index contributed by atoms with van der Waals surface area (Å²) in [6.45, 7) is 3.88. The first kappa shape index (κ1) is 25.9. The normalized spacial score (nSPS) is 10.3. The van der Waals surface area contributed by atoms with E-state index in [1.165, 1.54) is 43.8 Å². The van der Waals surface area contributed by atoms with Gasteiger partial charge in [-0.2, -0.15) is 0 Å². The summed E-state index contributed by atoms with van der Waals surface area (Å²) >= 11 is 6.84.